The van der Waals surface area contributed by atoms with Crippen LogP contribution in [0.1, 0.15) is 46.0 Å². The van der Waals surface area contributed by atoms with E-state index in [-0.39, 0.29) is 5.54 Å². The van der Waals surface area contributed by atoms with Crippen LogP contribution in [0, 0.1) is 0 Å². The Hall–Kier alpha value is -0.130. The fourth-order valence-electron chi connectivity index (χ4n) is 3.44. The maximum atomic E-state index is 11.3. The first-order chi connectivity index (χ1) is 8.73. The zero-order valence-electron chi connectivity index (χ0n) is 12.5. The molecule has 1 aliphatic heterocycles. The molecule has 1 N–H and O–H groups in total. The summed E-state index contributed by atoms with van der Waals surface area (Å²) in [6.07, 6.45) is 7.26. The molecule has 1 aliphatic carbocycles. The highest BCUT2D eigenvalue weighted by molar-refractivity contribution is 7.90. The molecule has 1 heterocycles. The van der Waals surface area contributed by atoms with Crippen molar-refractivity contribution in [3.8, 4) is 0 Å². The van der Waals surface area contributed by atoms with Crippen molar-refractivity contribution in [2.45, 2.75) is 57.0 Å². The van der Waals surface area contributed by atoms with Gasteiger partial charge in [0.1, 0.15) is 9.84 Å². The zero-order chi connectivity index (χ0) is 14.1. The molecule has 2 fully saturated rings. The summed E-state index contributed by atoms with van der Waals surface area (Å²) in [6.45, 7) is 7.48. The maximum Gasteiger partial charge on any atom is 0.147 e. The Morgan fingerprint density at radius 1 is 1.21 bits per heavy atom. The second kappa shape index (κ2) is 5.34. The van der Waals surface area contributed by atoms with Crippen molar-refractivity contribution >= 4 is 9.84 Å². The monoisotopic (exact) mass is 288 g/mol. The molecule has 0 amide bonds. The average molecular weight is 288 g/mol. The number of nitrogens with zero attached hydrogens (tertiary/aromatic N) is 1. The highest BCUT2D eigenvalue weighted by Gasteiger charge is 2.43. The van der Waals surface area contributed by atoms with Crippen LogP contribution >= 0.6 is 0 Å². The van der Waals surface area contributed by atoms with Gasteiger partial charge in [0, 0.05) is 30.4 Å². The fourth-order valence-corrected chi connectivity index (χ4v) is 4.09. The number of piperazine rings is 1. The minimum Gasteiger partial charge on any atom is -0.308 e. The van der Waals surface area contributed by atoms with E-state index in [4.69, 9.17) is 0 Å². The predicted octanol–water partition coefficient (Wildman–Crippen LogP) is 1.42. The second-order valence-corrected chi connectivity index (χ2v) is 9.32. The van der Waals surface area contributed by atoms with Gasteiger partial charge in [-0.05, 0) is 39.7 Å². The number of sulfone groups is 1. The normalized spacial score (nSPS) is 26.9. The Labute approximate surface area is 117 Å². The predicted molar refractivity (Wildman–Crippen MR) is 79.2 cm³/mol. The summed E-state index contributed by atoms with van der Waals surface area (Å²) in [7, 11) is -2.83. The summed E-state index contributed by atoms with van der Waals surface area (Å²) in [5, 5.41) is 3.76. The summed E-state index contributed by atoms with van der Waals surface area (Å²) >= 11 is 0. The third kappa shape index (κ3) is 3.92. The van der Waals surface area contributed by atoms with Gasteiger partial charge in [0.25, 0.3) is 0 Å². The largest absolute Gasteiger partial charge is 0.308 e. The Bertz CT molecular complexity index is 411. The Balaban J connectivity index is 1.95. The minimum atomic E-state index is -2.83. The molecule has 0 atom stereocenters. The molecule has 0 radical (unpaired) electrons. The number of hydrogen-bond acceptors (Lipinski definition) is 4. The van der Waals surface area contributed by atoms with Crippen molar-refractivity contribution < 1.29 is 8.42 Å². The highest BCUT2D eigenvalue weighted by Crippen LogP contribution is 2.35. The lowest BCUT2D eigenvalue weighted by molar-refractivity contribution is 0.0287. The molecular formula is C14H28N2O2S. The Morgan fingerprint density at radius 3 is 2.42 bits per heavy atom. The fraction of sp³-hybridized carbons (Fsp3) is 1.00. The standard InChI is InChI=1S/C14H28N2O2S/c1-13(2)11-15-14(7-4-5-8-14)12-16(13)9-6-10-19(3,17)18/h15H,4-12H2,1-3H3. The van der Waals surface area contributed by atoms with Gasteiger partial charge in [0.2, 0.25) is 0 Å². The molecule has 5 heteroatoms. The van der Waals surface area contributed by atoms with Crippen molar-refractivity contribution in [3.63, 3.8) is 0 Å². The quantitative estimate of drug-likeness (QED) is 0.850. The summed E-state index contributed by atoms with van der Waals surface area (Å²) in [6, 6.07) is 0. The van der Waals surface area contributed by atoms with Gasteiger partial charge in [-0.3, -0.25) is 4.90 Å². The lowest BCUT2D eigenvalue weighted by Crippen LogP contribution is -2.67. The van der Waals surface area contributed by atoms with E-state index in [0.29, 0.717) is 11.3 Å². The molecule has 2 aliphatic rings. The molecule has 4 nitrogen and oxygen atoms in total. The number of rotatable bonds is 4. The minimum absolute atomic E-state index is 0.130. The Kier molecular flexibility index (Phi) is 4.29. The summed E-state index contributed by atoms with van der Waals surface area (Å²) in [5.74, 6) is 0.306. The molecular weight excluding hydrogens is 260 g/mol. The van der Waals surface area contributed by atoms with E-state index in [1.54, 1.807) is 0 Å². The third-order valence-corrected chi connectivity index (χ3v) is 5.78. The maximum absolute atomic E-state index is 11.3. The molecule has 2 rings (SSSR count). The van der Waals surface area contributed by atoms with Crippen molar-refractivity contribution in [2.75, 3.05) is 31.6 Å². The van der Waals surface area contributed by atoms with E-state index in [1.807, 2.05) is 0 Å². The van der Waals surface area contributed by atoms with Crippen LogP contribution in [0.5, 0.6) is 0 Å². The second-order valence-electron chi connectivity index (χ2n) is 7.06. The number of nitrogens with one attached hydrogen (secondary N) is 1. The summed E-state index contributed by atoms with van der Waals surface area (Å²) in [5.41, 5.74) is 0.436. The van der Waals surface area contributed by atoms with Crippen LogP contribution in [0.25, 0.3) is 0 Å². The molecule has 19 heavy (non-hydrogen) atoms. The van der Waals surface area contributed by atoms with Gasteiger partial charge in [-0.1, -0.05) is 12.8 Å². The first kappa shape index (κ1) is 15.3. The summed E-state index contributed by atoms with van der Waals surface area (Å²) in [4.78, 5) is 2.50. The smallest absolute Gasteiger partial charge is 0.147 e. The first-order valence-electron chi connectivity index (χ1n) is 7.40. The molecule has 0 unspecified atom stereocenters. The van der Waals surface area contributed by atoms with Gasteiger partial charge >= 0.3 is 0 Å². The van der Waals surface area contributed by atoms with Crippen LogP contribution < -0.4 is 5.32 Å². The van der Waals surface area contributed by atoms with Gasteiger partial charge in [-0.2, -0.15) is 0 Å². The van der Waals surface area contributed by atoms with Crippen LogP contribution in [0.3, 0.4) is 0 Å². The Morgan fingerprint density at radius 2 is 1.84 bits per heavy atom. The molecule has 1 saturated carbocycles. The van der Waals surface area contributed by atoms with Gasteiger partial charge in [-0.15, -0.1) is 0 Å². The molecule has 0 aromatic heterocycles. The van der Waals surface area contributed by atoms with Crippen LogP contribution in [0.15, 0.2) is 0 Å². The van der Waals surface area contributed by atoms with Crippen molar-refractivity contribution in [3.05, 3.63) is 0 Å². The van der Waals surface area contributed by atoms with E-state index in [9.17, 15) is 8.42 Å². The molecule has 0 bridgehead atoms. The first-order valence-corrected chi connectivity index (χ1v) is 9.46. The van der Waals surface area contributed by atoms with Gasteiger partial charge in [-0.25, -0.2) is 8.42 Å². The van der Waals surface area contributed by atoms with Gasteiger partial charge < -0.3 is 5.32 Å². The van der Waals surface area contributed by atoms with Crippen LogP contribution in [0.2, 0.25) is 0 Å². The molecule has 112 valence electrons. The van der Waals surface area contributed by atoms with Crippen molar-refractivity contribution in [1.82, 2.24) is 10.2 Å². The lowest BCUT2D eigenvalue weighted by Gasteiger charge is -2.51. The highest BCUT2D eigenvalue weighted by atomic mass is 32.2. The molecule has 0 aromatic rings. The van der Waals surface area contributed by atoms with Gasteiger partial charge in [0.05, 0.1) is 5.75 Å². The average Bonchev–Trinajstić information content (AvgIpc) is 2.71. The topological polar surface area (TPSA) is 49.4 Å². The van der Waals surface area contributed by atoms with Crippen molar-refractivity contribution in [1.29, 1.82) is 0 Å². The third-order valence-electron chi connectivity index (χ3n) is 4.75. The number of hydrogen-bond donors (Lipinski definition) is 1. The van der Waals surface area contributed by atoms with Crippen molar-refractivity contribution in [2.24, 2.45) is 0 Å². The van der Waals surface area contributed by atoms with E-state index in [1.165, 1.54) is 31.9 Å². The van der Waals surface area contributed by atoms with E-state index < -0.39 is 9.84 Å². The summed E-state index contributed by atoms with van der Waals surface area (Å²) < 4.78 is 22.5. The lowest BCUT2D eigenvalue weighted by atomic mass is 9.87. The zero-order valence-corrected chi connectivity index (χ0v) is 13.4. The van der Waals surface area contributed by atoms with Gasteiger partial charge in [0.15, 0.2) is 0 Å². The molecule has 0 aromatic carbocycles. The van der Waals surface area contributed by atoms with E-state index >= 15 is 0 Å². The molecule has 1 saturated heterocycles. The van der Waals surface area contributed by atoms with E-state index in [2.05, 4.69) is 24.1 Å². The molecule has 1 spiro atoms. The van der Waals surface area contributed by atoms with Crippen LogP contribution in [-0.2, 0) is 9.84 Å². The van der Waals surface area contributed by atoms with Crippen LogP contribution in [-0.4, -0.2) is 56.0 Å². The van der Waals surface area contributed by atoms with Crippen LogP contribution in [0.4, 0.5) is 0 Å². The SMILES string of the molecule is CC1(C)CNC2(CCCC2)CN1CCCS(C)(=O)=O. The van der Waals surface area contributed by atoms with E-state index in [0.717, 1.165) is 26.1 Å².